The van der Waals surface area contributed by atoms with Gasteiger partial charge in [0.05, 0.1) is 43.5 Å². The number of nitrogens with zero attached hydrogens (tertiary/aromatic N) is 2. The molecule has 5 nitrogen and oxygen atoms in total. The van der Waals surface area contributed by atoms with Gasteiger partial charge < -0.3 is 14.5 Å². The maximum absolute atomic E-state index is 5.65. The Morgan fingerprint density at radius 1 is 1.37 bits per heavy atom. The van der Waals surface area contributed by atoms with Crippen LogP contribution in [0.3, 0.4) is 0 Å². The van der Waals surface area contributed by atoms with E-state index >= 15 is 0 Å². The number of rotatable bonds is 4. The maximum Gasteiger partial charge on any atom is 0.121 e. The second-order valence-electron chi connectivity index (χ2n) is 4.97. The van der Waals surface area contributed by atoms with Crippen LogP contribution >= 0.6 is 0 Å². The van der Waals surface area contributed by atoms with Crippen LogP contribution in [0.15, 0.2) is 24.3 Å². The van der Waals surface area contributed by atoms with Crippen molar-refractivity contribution < 1.29 is 9.47 Å². The van der Waals surface area contributed by atoms with Crippen molar-refractivity contribution in [2.45, 2.75) is 12.6 Å². The quantitative estimate of drug-likeness (QED) is 0.904. The molecule has 19 heavy (non-hydrogen) atoms. The normalized spacial score (nSPS) is 20.2. The topological polar surface area (TPSA) is 50.4 Å². The summed E-state index contributed by atoms with van der Waals surface area (Å²) in [7, 11) is 2.07. The molecule has 1 N–H and O–H groups in total. The number of hydrogen-bond donors (Lipinski definition) is 1. The van der Waals surface area contributed by atoms with Crippen LogP contribution in [0.2, 0.25) is 0 Å². The minimum Gasteiger partial charge on any atom is -0.376 e. The van der Waals surface area contributed by atoms with Crippen LogP contribution in [0.5, 0.6) is 0 Å². The number of fused-ring (bicyclic) bond motifs is 1. The molecule has 2 heterocycles. The Kier molecular flexibility index (Phi) is 3.77. The average molecular weight is 261 g/mol. The van der Waals surface area contributed by atoms with Crippen LogP contribution in [0, 0.1) is 0 Å². The molecule has 1 atom stereocenters. The number of imidazole rings is 1. The van der Waals surface area contributed by atoms with E-state index in [2.05, 4.69) is 21.9 Å². The van der Waals surface area contributed by atoms with Crippen molar-refractivity contribution in [3.8, 4) is 0 Å². The zero-order valence-corrected chi connectivity index (χ0v) is 11.1. The molecule has 1 saturated heterocycles. The summed E-state index contributed by atoms with van der Waals surface area (Å²) in [6, 6.07) is 8.09. The molecule has 0 saturated carbocycles. The molecule has 2 aromatic rings. The van der Waals surface area contributed by atoms with Crippen molar-refractivity contribution in [3.63, 3.8) is 0 Å². The summed E-state index contributed by atoms with van der Waals surface area (Å²) >= 11 is 0. The number of para-hydroxylation sites is 2. The van der Waals surface area contributed by atoms with Gasteiger partial charge in [0, 0.05) is 6.54 Å². The molecule has 5 heteroatoms. The van der Waals surface area contributed by atoms with Crippen LogP contribution < -0.4 is 0 Å². The predicted molar refractivity (Wildman–Crippen MR) is 73.0 cm³/mol. The van der Waals surface area contributed by atoms with Gasteiger partial charge in [0.2, 0.25) is 0 Å². The van der Waals surface area contributed by atoms with Crippen LogP contribution in [-0.4, -0.2) is 54.4 Å². The van der Waals surface area contributed by atoms with Gasteiger partial charge in [-0.15, -0.1) is 0 Å². The van der Waals surface area contributed by atoms with Crippen molar-refractivity contribution in [1.29, 1.82) is 0 Å². The van der Waals surface area contributed by atoms with Crippen LogP contribution in [0.4, 0.5) is 0 Å². The van der Waals surface area contributed by atoms with Crippen molar-refractivity contribution >= 4 is 11.0 Å². The van der Waals surface area contributed by atoms with Gasteiger partial charge in [-0.1, -0.05) is 12.1 Å². The summed E-state index contributed by atoms with van der Waals surface area (Å²) in [5.41, 5.74) is 2.10. The SMILES string of the molecule is CN(Cc1nc2ccccc2[nH]1)CC1COCCO1. The fourth-order valence-corrected chi connectivity index (χ4v) is 2.39. The highest BCUT2D eigenvalue weighted by Gasteiger charge is 2.17. The highest BCUT2D eigenvalue weighted by molar-refractivity contribution is 5.74. The Balaban J connectivity index is 1.60. The Bertz CT molecular complexity index is 501. The molecule has 1 fully saturated rings. The monoisotopic (exact) mass is 261 g/mol. The van der Waals surface area contributed by atoms with E-state index in [1.165, 1.54) is 0 Å². The second kappa shape index (κ2) is 5.69. The smallest absolute Gasteiger partial charge is 0.121 e. The molecule has 102 valence electrons. The number of aromatic nitrogens is 2. The minimum atomic E-state index is 0.170. The minimum absolute atomic E-state index is 0.170. The van der Waals surface area contributed by atoms with E-state index in [-0.39, 0.29) is 6.10 Å². The molecule has 0 spiro atoms. The van der Waals surface area contributed by atoms with Gasteiger partial charge in [0.25, 0.3) is 0 Å². The van der Waals surface area contributed by atoms with Crippen molar-refractivity contribution in [3.05, 3.63) is 30.1 Å². The third kappa shape index (κ3) is 3.12. The van der Waals surface area contributed by atoms with Crippen molar-refractivity contribution in [2.24, 2.45) is 0 Å². The standard InChI is InChI=1S/C14H19N3O2/c1-17(8-11-10-18-6-7-19-11)9-14-15-12-4-2-3-5-13(12)16-14/h2-5,11H,6-10H2,1H3,(H,15,16). The first-order valence-electron chi connectivity index (χ1n) is 6.63. The number of H-pyrrole nitrogens is 1. The summed E-state index contributed by atoms with van der Waals surface area (Å²) in [5.74, 6) is 0.987. The summed E-state index contributed by atoms with van der Waals surface area (Å²) in [5, 5.41) is 0. The second-order valence-corrected chi connectivity index (χ2v) is 4.97. The average Bonchev–Trinajstić information content (AvgIpc) is 2.81. The Morgan fingerprint density at radius 3 is 3.05 bits per heavy atom. The molecule has 1 aromatic carbocycles. The van der Waals surface area contributed by atoms with Gasteiger partial charge in [0.1, 0.15) is 5.82 Å². The first kappa shape index (κ1) is 12.6. The summed E-state index contributed by atoms with van der Waals surface area (Å²) in [6.07, 6.45) is 0.170. The maximum atomic E-state index is 5.65. The molecule has 1 unspecified atom stereocenters. The molecular formula is C14H19N3O2. The Hall–Kier alpha value is -1.43. The Labute approximate surface area is 112 Å². The summed E-state index contributed by atoms with van der Waals surface area (Å²) < 4.78 is 11.1. The van der Waals surface area contributed by atoms with Crippen LogP contribution in [0.25, 0.3) is 11.0 Å². The van der Waals surface area contributed by atoms with Crippen molar-refractivity contribution in [2.75, 3.05) is 33.4 Å². The Morgan fingerprint density at radius 2 is 2.26 bits per heavy atom. The zero-order chi connectivity index (χ0) is 13.1. The van der Waals surface area contributed by atoms with Gasteiger partial charge in [-0.2, -0.15) is 0 Å². The van der Waals surface area contributed by atoms with Gasteiger partial charge in [-0.25, -0.2) is 4.98 Å². The van der Waals surface area contributed by atoms with Gasteiger partial charge in [-0.05, 0) is 19.2 Å². The van der Waals surface area contributed by atoms with E-state index in [0.29, 0.717) is 19.8 Å². The fraction of sp³-hybridized carbons (Fsp3) is 0.500. The highest BCUT2D eigenvalue weighted by atomic mass is 16.6. The zero-order valence-electron chi connectivity index (χ0n) is 11.1. The largest absolute Gasteiger partial charge is 0.376 e. The van der Waals surface area contributed by atoms with Crippen molar-refractivity contribution in [1.82, 2.24) is 14.9 Å². The molecule has 1 aliphatic heterocycles. The molecular weight excluding hydrogens is 242 g/mol. The predicted octanol–water partition coefficient (Wildman–Crippen LogP) is 1.41. The first-order valence-corrected chi connectivity index (χ1v) is 6.63. The highest BCUT2D eigenvalue weighted by Crippen LogP contribution is 2.12. The number of likely N-dealkylation sites (N-methyl/N-ethyl adjacent to an activating group) is 1. The molecule has 1 aromatic heterocycles. The lowest BCUT2D eigenvalue weighted by Gasteiger charge is -2.26. The fourth-order valence-electron chi connectivity index (χ4n) is 2.39. The van der Waals surface area contributed by atoms with E-state index in [1.54, 1.807) is 0 Å². The summed E-state index contributed by atoms with van der Waals surface area (Å²) in [6.45, 7) is 3.74. The van der Waals surface area contributed by atoms with E-state index in [4.69, 9.17) is 9.47 Å². The lowest BCUT2D eigenvalue weighted by atomic mass is 10.3. The first-order chi connectivity index (χ1) is 9.31. The van der Waals surface area contributed by atoms with Crippen LogP contribution in [0.1, 0.15) is 5.82 Å². The molecule has 0 bridgehead atoms. The van der Waals surface area contributed by atoms with Gasteiger partial charge in [-0.3, -0.25) is 4.90 Å². The number of benzene rings is 1. The van der Waals surface area contributed by atoms with E-state index < -0.39 is 0 Å². The number of ether oxygens (including phenoxy) is 2. The summed E-state index contributed by atoms with van der Waals surface area (Å²) in [4.78, 5) is 10.1. The van der Waals surface area contributed by atoms with E-state index in [0.717, 1.165) is 29.9 Å². The number of aromatic amines is 1. The third-order valence-corrected chi connectivity index (χ3v) is 3.26. The van der Waals surface area contributed by atoms with Crippen LogP contribution in [-0.2, 0) is 16.0 Å². The molecule has 0 amide bonds. The van der Waals surface area contributed by atoms with Gasteiger partial charge in [0.15, 0.2) is 0 Å². The molecule has 3 rings (SSSR count). The van der Waals surface area contributed by atoms with E-state index in [1.807, 2.05) is 24.3 Å². The lowest BCUT2D eigenvalue weighted by molar-refractivity contribution is -0.0963. The van der Waals surface area contributed by atoms with E-state index in [9.17, 15) is 0 Å². The molecule has 1 aliphatic rings. The molecule has 0 radical (unpaired) electrons. The number of hydrogen-bond acceptors (Lipinski definition) is 4. The lowest BCUT2D eigenvalue weighted by Crippen LogP contribution is -2.38. The molecule has 0 aliphatic carbocycles. The number of nitrogens with one attached hydrogen (secondary N) is 1. The van der Waals surface area contributed by atoms with Gasteiger partial charge >= 0.3 is 0 Å². The third-order valence-electron chi connectivity index (χ3n) is 3.26.